The van der Waals surface area contributed by atoms with Crippen LogP contribution in [0.25, 0.3) is 0 Å². The first-order valence-corrected chi connectivity index (χ1v) is 5.15. The molecular weight excluding hydrogens is 224 g/mol. The van der Waals surface area contributed by atoms with E-state index in [0.29, 0.717) is 0 Å². The molecule has 0 bridgehead atoms. The summed E-state index contributed by atoms with van der Waals surface area (Å²) in [4.78, 5) is 10.9. The molecule has 1 aromatic rings. The lowest BCUT2D eigenvalue weighted by Crippen LogP contribution is -2.10. The molecule has 0 radical (unpaired) electrons. The number of anilines is 1. The van der Waals surface area contributed by atoms with Crippen molar-refractivity contribution in [3.8, 4) is 0 Å². The van der Waals surface area contributed by atoms with E-state index in [1.54, 1.807) is 0 Å². The third-order valence-electron chi connectivity index (χ3n) is 1.80. The largest absolute Gasteiger partial charge is 0.465 e. The van der Waals surface area contributed by atoms with Gasteiger partial charge in [0.2, 0.25) is 0 Å². The molecule has 3 nitrogen and oxygen atoms in total. The van der Waals surface area contributed by atoms with Gasteiger partial charge < -0.3 is 10.5 Å². The highest BCUT2D eigenvalue weighted by atomic mass is 32.2. The Morgan fingerprint density at radius 2 is 2.13 bits per heavy atom. The summed E-state index contributed by atoms with van der Waals surface area (Å²) in [7, 11) is 1.10. The zero-order valence-corrected chi connectivity index (χ0v) is 8.95. The number of hydrogen-bond donors (Lipinski definition) is 1. The van der Waals surface area contributed by atoms with Gasteiger partial charge in [-0.15, -0.1) is 11.8 Å². The third kappa shape index (κ3) is 2.04. The lowest BCUT2D eigenvalue weighted by atomic mass is 10.1. The van der Waals surface area contributed by atoms with Crippen LogP contribution in [0.5, 0.6) is 0 Å². The molecule has 0 aliphatic rings. The van der Waals surface area contributed by atoms with Crippen LogP contribution in [0.4, 0.5) is 14.5 Å². The van der Waals surface area contributed by atoms with E-state index in [-0.39, 0.29) is 10.6 Å². The smallest absolute Gasteiger partial charge is 0.343 e. The van der Waals surface area contributed by atoms with Gasteiger partial charge >= 0.3 is 5.97 Å². The molecule has 0 fully saturated rings. The van der Waals surface area contributed by atoms with Crippen LogP contribution < -0.4 is 5.73 Å². The van der Waals surface area contributed by atoms with Crippen LogP contribution in [-0.4, -0.2) is 19.3 Å². The fourth-order valence-electron chi connectivity index (χ4n) is 1.12. The number of benzene rings is 1. The Kier molecular flexibility index (Phi) is 3.52. The highest BCUT2D eigenvalue weighted by Crippen LogP contribution is 2.29. The summed E-state index contributed by atoms with van der Waals surface area (Å²) in [6.45, 7) is 0. The van der Waals surface area contributed by atoms with Gasteiger partial charge in [0.1, 0.15) is 11.4 Å². The molecule has 0 atom stereocenters. The molecular formula is C9H9F2NO2S. The Labute approximate surface area is 89.6 Å². The van der Waals surface area contributed by atoms with Crippen molar-refractivity contribution in [1.82, 2.24) is 0 Å². The summed E-state index contributed by atoms with van der Waals surface area (Å²) in [5.41, 5.74) is 4.64. The number of esters is 1. The minimum atomic E-state index is -0.980. The SMILES string of the molecule is COC(=O)c1c(N)cc(F)c(SC)c1F. The molecule has 0 aliphatic heterocycles. The number of thioether (sulfide) groups is 1. The van der Waals surface area contributed by atoms with Crippen LogP contribution in [0, 0.1) is 11.6 Å². The van der Waals surface area contributed by atoms with E-state index in [4.69, 9.17) is 5.73 Å². The van der Waals surface area contributed by atoms with Crippen molar-refractivity contribution in [2.75, 3.05) is 19.1 Å². The molecule has 0 amide bonds. The number of carbonyl (C=O) groups is 1. The summed E-state index contributed by atoms with van der Waals surface area (Å²) < 4.78 is 31.1. The maximum absolute atomic E-state index is 13.6. The van der Waals surface area contributed by atoms with Gasteiger partial charge in [0.05, 0.1) is 17.7 Å². The maximum atomic E-state index is 13.6. The van der Waals surface area contributed by atoms with Gasteiger partial charge in [-0.25, -0.2) is 13.6 Å². The Hall–Kier alpha value is -1.30. The van der Waals surface area contributed by atoms with Crippen LogP contribution in [0.2, 0.25) is 0 Å². The fourth-order valence-corrected chi connectivity index (χ4v) is 1.65. The van der Waals surface area contributed by atoms with E-state index in [1.807, 2.05) is 0 Å². The summed E-state index contributed by atoms with van der Waals surface area (Å²) in [6.07, 6.45) is 1.50. The number of methoxy groups -OCH3 is 1. The molecule has 82 valence electrons. The molecule has 0 heterocycles. The van der Waals surface area contributed by atoms with E-state index < -0.39 is 23.2 Å². The summed E-state index contributed by atoms with van der Waals surface area (Å²) in [6, 6.07) is 0.904. The second-order valence-electron chi connectivity index (χ2n) is 2.66. The number of nitrogen functional groups attached to an aromatic ring is 1. The van der Waals surface area contributed by atoms with Crippen LogP contribution in [0.1, 0.15) is 10.4 Å². The molecule has 6 heteroatoms. The molecule has 1 rings (SSSR count). The van der Waals surface area contributed by atoms with Crippen LogP contribution in [-0.2, 0) is 4.74 Å². The summed E-state index contributed by atoms with van der Waals surface area (Å²) >= 11 is 0.859. The quantitative estimate of drug-likeness (QED) is 0.482. The highest BCUT2D eigenvalue weighted by Gasteiger charge is 2.22. The molecule has 1 aromatic carbocycles. The first-order chi connectivity index (χ1) is 7.02. The second-order valence-corrected chi connectivity index (χ2v) is 3.48. The maximum Gasteiger partial charge on any atom is 0.343 e. The minimum absolute atomic E-state index is 0.246. The predicted octanol–water partition coefficient (Wildman–Crippen LogP) is 2.06. The van der Waals surface area contributed by atoms with Crippen molar-refractivity contribution < 1.29 is 18.3 Å². The normalized spacial score (nSPS) is 10.1. The van der Waals surface area contributed by atoms with Crippen molar-refractivity contribution in [2.24, 2.45) is 0 Å². The van der Waals surface area contributed by atoms with Gasteiger partial charge in [-0.1, -0.05) is 0 Å². The van der Waals surface area contributed by atoms with E-state index in [1.165, 1.54) is 6.26 Å². The zero-order valence-electron chi connectivity index (χ0n) is 8.14. The van der Waals surface area contributed by atoms with Gasteiger partial charge in [0.15, 0.2) is 5.82 Å². The molecule has 0 saturated carbocycles. The number of ether oxygens (including phenoxy) is 1. The van der Waals surface area contributed by atoms with E-state index in [2.05, 4.69) is 4.74 Å². The molecule has 2 N–H and O–H groups in total. The first-order valence-electron chi connectivity index (χ1n) is 3.92. The lowest BCUT2D eigenvalue weighted by Gasteiger charge is -2.09. The van der Waals surface area contributed by atoms with Crippen LogP contribution >= 0.6 is 11.8 Å². The van der Waals surface area contributed by atoms with Crippen LogP contribution in [0.3, 0.4) is 0 Å². The average Bonchev–Trinajstić information content (AvgIpc) is 2.17. The van der Waals surface area contributed by atoms with E-state index in [9.17, 15) is 13.6 Å². The topological polar surface area (TPSA) is 52.3 Å². The Morgan fingerprint density at radius 3 is 2.60 bits per heavy atom. The van der Waals surface area contributed by atoms with Gasteiger partial charge in [0, 0.05) is 0 Å². The minimum Gasteiger partial charge on any atom is -0.465 e. The molecule has 0 unspecified atom stereocenters. The van der Waals surface area contributed by atoms with Gasteiger partial charge in [0.25, 0.3) is 0 Å². The number of nitrogens with two attached hydrogens (primary N) is 1. The van der Waals surface area contributed by atoms with Crippen molar-refractivity contribution in [3.05, 3.63) is 23.3 Å². The lowest BCUT2D eigenvalue weighted by molar-refractivity contribution is 0.0596. The second kappa shape index (κ2) is 4.48. The molecule has 0 aromatic heterocycles. The zero-order chi connectivity index (χ0) is 11.6. The summed E-state index contributed by atoms with van der Waals surface area (Å²) in [5.74, 6) is -2.68. The standard InChI is InChI=1S/C9H9F2NO2S/c1-14-9(13)6-5(12)3-4(10)8(15-2)7(6)11/h3H,12H2,1-2H3. The Balaban J connectivity index is 3.45. The van der Waals surface area contributed by atoms with Crippen molar-refractivity contribution in [2.45, 2.75) is 4.90 Å². The molecule has 0 aliphatic carbocycles. The number of carbonyl (C=O) groups excluding carboxylic acids is 1. The molecule has 15 heavy (non-hydrogen) atoms. The monoisotopic (exact) mass is 233 g/mol. The fraction of sp³-hybridized carbons (Fsp3) is 0.222. The predicted molar refractivity (Wildman–Crippen MR) is 53.9 cm³/mol. The van der Waals surface area contributed by atoms with Gasteiger partial charge in [-0.2, -0.15) is 0 Å². The van der Waals surface area contributed by atoms with Crippen molar-refractivity contribution in [1.29, 1.82) is 0 Å². The van der Waals surface area contributed by atoms with Gasteiger partial charge in [-0.3, -0.25) is 0 Å². The molecule has 0 spiro atoms. The van der Waals surface area contributed by atoms with Gasteiger partial charge in [-0.05, 0) is 12.3 Å². The van der Waals surface area contributed by atoms with E-state index >= 15 is 0 Å². The first kappa shape index (κ1) is 11.8. The molecule has 0 saturated heterocycles. The third-order valence-corrected chi connectivity index (χ3v) is 2.58. The number of hydrogen-bond acceptors (Lipinski definition) is 4. The summed E-state index contributed by atoms with van der Waals surface area (Å²) in [5, 5.41) is 0. The van der Waals surface area contributed by atoms with E-state index in [0.717, 1.165) is 24.9 Å². The average molecular weight is 233 g/mol. The van der Waals surface area contributed by atoms with Crippen molar-refractivity contribution in [3.63, 3.8) is 0 Å². The Bertz CT molecular complexity index is 410. The highest BCUT2D eigenvalue weighted by molar-refractivity contribution is 7.98. The number of halogens is 2. The van der Waals surface area contributed by atoms with Crippen LogP contribution in [0.15, 0.2) is 11.0 Å². The van der Waals surface area contributed by atoms with Crippen molar-refractivity contribution >= 4 is 23.4 Å². The number of rotatable bonds is 2. The Morgan fingerprint density at radius 1 is 1.53 bits per heavy atom.